The SMILES string of the molecule is COc1ccc(CC(=O)NCC2CCN(c3nccnc3C#N)CC2)cc1OC. The Bertz CT molecular complexity index is 888. The molecule has 2 aromatic rings. The van der Waals surface area contributed by atoms with Crippen LogP contribution in [0.2, 0.25) is 0 Å². The van der Waals surface area contributed by atoms with E-state index in [9.17, 15) is 10.1 Å². The summed E-state index contributed by atoms with van der Waals surface area (Å²) in [7, 11) is 3.16. The number of nitrogens with one attached hydrogen (secondary N) is 1. The zero-order chi connectivity index (χ0) is 20.6. The van der Waals surface area contributed by atoms with Crippen LogP contribution in [-0.2, 0) is 11.2 Å². The van der Waals surface area contributed by atoms with Crippen molar-refractivity contribution < 1.29 is 14.3 Å². The molecular formula is C21H25N5O3. The van der Waals surface area contributed by atoms with E-state index in [0.717, 1.165) is 31.5 Å². The predicted molar refractivity (Wildman–Crippen MR) is 108 cm³/mol. The van der Waals surface area contributed by atoms with Gasteiger partial charge in [0.05, 0.1) is 20.6 Å². The van der Waals surface area contributed by atoms with E-state index in [1.54, 1.807) is 26.5 Å². The molecule has 0 radical (unpaired) electrons. The average Bonchev–Trinajstić information content (AvgIpc) is 2.78. The minimum atomic E-state index is -0.0136. The highest BCUT2D eigenvalue weighted by Crippen LogP contribution is 2.27. The van der Waals surface area contributed by atoms with Crippen LogP contribution >= 0.6 is 0 Å². The van der Waals surface area contributed by atoms with E-state index in [0.29, 0.717) is 41.9 Å². The second-order valence-electron chi connectivity index (χ2n) is 6.94. The summed E-state index contributed by atoms with van der Waals surface area (Å²) >= 11 is 0. The van der Waals surface area contributed by atoms with Gasteiger partial charge in [0.1, 0.15) is 6.07 Å². The number of amides is 1. The molecule has 1 amide bonds. The maximum absolute atomic E-state index is 12.3. The van der Waals surface area contributed by atoms with Gasteiger partial charge in [-0.05, 0) is 36.5 Å². The number of aromatic nitrogens is 2. The Kier molecular flexibility index (Phi) is 6.85. The van der Waals surface area contributed by atoms with Crippen molar-refractivity contribution >= 4 is 11.7 Å². The molecule has 0 spiro atoms. The van der Waals surface area contributed by atoms with Crippen LogP contribution in [0.1, 0.15) is 24.1 Å². The third-order valence-electron chi connectivity index (χ3n) is 5.10. The fraction of sp³-hybridized carbons (Fsp3) is 0.429. The summed E-state index contributed by atoms with van der Waals surface area (Å²) in [5.41, 5.74) is 1.23. The number of benzene rings is 1. The monoisotopic (exact) mass is 395 g/mol. The van der Waals surface area contributed by atoms with Gasteiger partial charge >= 0.3 is 0 Å². The number of hydrogen-bond acceptors (Lipinski definition) is 7. The highest BCUT2D eigenvalue weighted by atomic mass is 16.5. The van der Waals surface area contributed by atoms with Gasteiger partial charge in [-0.15, -0.1) is 0 Å². The quantitative estimate of drug-likeness (QED) is 0.765. The molecule has 1 aromatic carbocycles. The van der Waals surface area contributed by atoms with Gasteiger partial charge in [-0.25, -0.2) is 9.97 Å². The first-order valence-electron chi connectivity index (χ1n) is 9.58. The first-order chi connectivity index (χ1) is 14.1. The Morgan fingerprint density at radius 3 is 2.62 bits per heavy atom. The molecule has 1 N–H and O–H groups in total. The maximum atomic E-state index is 12.3. The molecular weight excluding hydrogens is 370 g/mol. The summed E-state index contributed by atoms with van der Waals surface area (Å²) in [5, 5.41) is 12.2. The molecule has 1 fully saturated rings. The lowest BCUT2D eigenvalue weighted by molar-refractivity contribution is -0.120. The molecule has 2 heterocycles. The molecule has 152 valence electrons. The van der Waals surface area contributed by atoms with Crippen LogP contribution in [0.15, 0.2) is 30.6 Å². The largest absolute Gasteiger partial charge is 0.493 e. The van der Waals surface area contributed by atoms with Crippen molar-refractivity contribution in [1.29, 1.82) is 5.26 Å². The van der Waals surface area contributed by atoms with E-state index >= 15 is 0 Å². The number of piperidine rings is 1. The van der Waals surface area contributed by atoms with Gasteiger partial charge in [-0.2, -0.15) is 5.26 Å². The van der Waals surface area contributed by atoms with Crippen molar-refractivity contribution in [2.75, 3.05) is 38.8 Å². The van der Waals surface area contributed by atoms with E-state index in [2.05, 4.69) is 26.3 Å². The summed E-state index contributed by atoms with van der Waals surface area (Å²) < 4.78 is 10.5. The van der Waals surface area contributed by atoms with Gasteiger partial charge in [0.2, 0.25) is 5.91 Å². The first kappa shape index (κ1) is 20.4. The van der Waals surface area contributed by atoms with Crippen LogP contribution in [0.25, 0.3) is 0 Å². The number of hydrogen-bond donors (Lipinski definition) is 1. The number of ether oxygens (including phenoxy) is 2. The van der Waals surface area contributed by atoms with Crippen LogP contribution in [0.4, 0.5) is 5.82 Å². The zero-order valence-electron chi connectivity index (χ0n) is 16.7. The van der Waals surface area contributed by atoms with Crippen LogP contribution in [0.5, 0.6) is 11.5 Å². The molecule has 0 atom stereocenters. The summed E-state index contributed by atoms with van der Waals surface area (Å²) in [6, 6.07) is 7.59. The third kappa shape index (κ3) is 5.13. The van der Waals surface area contributed by atoms with E-state index in [1.807, 2.05) is 12.1 Å². The third-order valence-corrected chi connectivity index (χ3v) is 5.10. The second-order valence-corrected chi connectivity index (χ2v) is 6.94. The minimum absolute atomic E-state index is 0.0136. The number of rotatable bonds is 7. The Morgan fingerprint density at radius 2 is 1.93 bits per heavy atom. The van der Waals surface area contributed by atoms with Crippen molar-refractivity contribution in [3.63, 3.8) is 0 Å². The number of nitriles is 1. The summed E-state index contributed by atoms with van der Waals surface area (Å²) in [5.74, 6) is 2.30. The Balaban J connectivity index is 1.47. The molecule has 0 aliphatic carbocycles. The number of nitrogens with zero attached hydrogens (tertiary/aromatic N) is 4. The first-order valence-corrected chi connectivity index (χ1v) is 9.58. The number of carbonyl (C=O) groups excluding carboxylic acids is 1. The van der Waals surface area contributed by atoms with Crippen LogP contribution in [0, 0.1) is 17.2 Å². The minimum Gasteiger partial charge on any atom is -0.493 e. The second kappa shape index (κ2) is 9.73. The molecule has 1 aliphatic heterocycles. The van der Waals surface area contributed by atoms with Crippen LogP contribution < -0.4 is 19.7 Å². The smallest absolute Gasteiger partial charge is 0.224 e. The topological polar surface area (TPSA) is 100 Å². The molecule has 0 saturated carbocycles. The van der Waals surface area contributed by atoms with Crippen LogP contribution in [0.3, 0.4) is 0 Å². The fourth-order valence-corrected chi connectivity index (χ4v) is 3.49. The van der Waals surface area contributed by atoms with Crippen molar-refractivity contribution in [3.8, 4) is 17.6 Å². The predicted octanol–water partition coefficient (Wildman–Crippen LogP) is 1.94. The highest BCUT2D eigenvalue weighted by Gasteiger charge is 2.22. The van der Waals surface area contributed by atoms with Crippen molar-refractivity contribution in [3.05, 3.63) is 41.9 Å². The molecule has 8 heteroatoms. The maximum Gasteiger partial charge on any atom is 0.224 e. The number of anilines is 1. The molecule has 1 aliphatic rings. The molecule has 0 unspecified atom stereocenters. The van der Waals surface area contributed by atoms with Crippen molar-refractivity contribution in [2.45, 2.75) is 19.3 Å². The van der Waals surface area contributed by atoms with Gasteiger partial charge < -0.3 is 19.7 Å². The number of carbonyl (C=O) groups is 1. The highest BCUT2D eigenvalue weighted by molar-refractivity contribution is 5.78. The molecule has 29 heavy (non-hydrogen) atoms. The Hall–Kier alpha value is -3.34. The van der Waals surface area contributed by atoms with Gasteiger partial charge in [-0.1, -0.05) is 6.07 Å². The van der Waals surface area contributed by atoms with Crippen molar-refractivity contribution in [1.82, 2.24) is 15.3 Å². The van der Waals surface area contributed by atoms with Gasteiger partial charge in [0.15, 0.2) is 23.0 Å². The Morgan fingerprint density at radius 1 is 1.21 bits per heavy atom. The summed E-state index contributed by atoms with van der Waals surface area (Å²) in [4.78, 5) is 22.8. The van der Waals surface area contributed by atoms with E-state index in [1.165, 1.54) is 6.20 Å². The van der Waals surface area contributed by atoms with E-state index in [-0.39, 0.29) is 5.91 Å². The van der Waals surface area contributed by atoms with Gasteiger partial charge in [0.25, 0.3) is 0 Å². The Labute approximate surface area is 170 Å². The lowest BCUT2D eigenvalue weighted by atomic mass is 9.96. The standard InChI is InChI=1S/C21H25N5O3/c1-28-18-4-3-16(11-19(18)29-2)12-20(27)25-14-15-5-9-26(10-6-15)21-17(13-22)23-7-8-24-21/h3-4,7-8,11,15H,5-6,9-10,12,14H2,1-2H3,(H,25,27). The molecule has 3 rings (SSSR count). The average molecular weight is 395 g/mol. The van der Waals surface area contributed by atoms with Gasteiger partial charge in [0, 0.05) is 32.0 Å². The van der Waals surface area contributed by atoms with E-state index < -0.39 is 0 Å². The van der Waals surface area contributed by atoms with Crippen LogP contribution in [-0.4, -0.2) is 49.7 Å². The number of methoxy groups -OCH3 is 2. The lowest BCUT2D eigenvalue weighted by Gasteiger charge is -2.32. The molecule has 1 saturated heterocycles. The summed E-state index contributed by atoms with van der Waals surface area (Å²) in [6.45, 7) is 2.23. The fourth-order valence-electron chi connectivity index (χ4n) is 3.49. The lowest BCUT2D eigenvalue weighted by Crippen LogP contribution is -2.39. The molecule has 8 nitrogen and oxygen atoms in total. The van der Waals surface area contributed by atoms with E-state index in [4.69, 9.17) is 9.47 Å². The van der Waals surface area contributed by atoms with Crippen molar-refractivity contribution in [2.24, 2.45) is 5.92 Å². The van der Waals surface area contributed by atoms with Gasteiger partial charge in [-0.3, -0.25) is 4.79 Å². The zero-order valence-corrected chi connectivity index (χ0v) is 16.7. The summed E-state index contributed by atoms with van der Waals surface area (Å²) in [6.07, 6.45) is 5.29. The normalized spacial score (nSPS) is 14.2. The molecule has 1 aromatic heterocycles. The molecule has 0 bridgehead atoms.